The molecule has 1 N–H and O–H groups in total. The Morgan fingerprint density at radius 1 is 1.00 bits per heavy atom. The van der Waals surface area contributed by atoms with Crippen molar-refractivity contribution in [3.05, 3.63) is 76.4 Å². The number of ketones is 1. The molecule has 0 spiro atoms. The van der Waals surface area contributed by atoms with E-state index < -0.39 is 23.7 Å². The van der Waals surface area contributed by atoms with E-state index in [0.29, 0.717) is 42.9 Å². The van der Waals surface area contributed by atoms with Gasteiger partial charge in [-0.3, -0.25) is 14.5 Å². The van der Waals surface area contributed by atoms with E-state index in [1.54, 1.807) is 36.4 Å². The van der Waals surface area contributed by atoms with Crippen LogP contribution in [0.1, 0.15) is 39.5 Å². The van der Waals surface area contributed by atoms with Crippen LogP contribution in [0.15, 0.2) is 54.1 Å². The number of Topliss-reactive ketones (excluding diaryl/α,β-unsaturated/α-hetero) is 1. The van der Waals surface area contributed by atoms with E-state index in [0.717, 1.165) is 25.2 Å². The number of likely N-dealkylation sites (tertiary alicyclic amines) is 1. The molecule has 2 aliphatic heterocycles. The van der Waals surface area contributed by atoms with Gasteiger partial charge in [0.1, 0.15) is 5.76 Å². The molecule has 0 aliphatic carbocycles. The van der Waals surface area contributed by atoms with Gasteiger partial charge in [0.05, 0.1) is 37.5 Å². The molecule has 2 aliphatic rings. The maximum absolute atomic E-state index is 13.2. The predicted molar refractivity (Wildman–Crippen MR) is 130 cm³/mol. The fraction of sp³-hybridized carbons (Fsp3) is 0.370. The highest BCUT2D eigenvalue weighted by molar-refractivity contribution is 6.46. The molecule has 2 aromatic carbocycles. The Morgan fingerprint density at radius 3 is 2.26 bits per heavy atom. The van der Waals surface area contributed by atoms with Crippen LogP contribution in [-0.2, 0) is 19.1 Å². The van der Waals surface area contributed by atoms with Crippen molar-refractivity contribution in [2.75, 3.05) is 46.5 Å². The van der Waals surface area contributed by atoms with Crippen molar-refractivity contribution >= 4 is 23.4 Å². The van der Waals surface area contributed by atoms with Crippen LogP contribution in [0, 0.1) is 6.92 Å². The van der Waals surface area contributed by atoms with Crippen molar-refractivity contribution < 1.29 is 29.0 Å². The molecule has 0 aromatic heterocycles. The average Bonchev–Trinajstić information content (AvgIpc) is 3.14. The smallest absolute Gasteiger partial charge is 0.337 e. The van der Waals surface area contributed by atoms with E-state index in [2.05, 4.69) is 4.90 Å². The Morgan fingerprint density at radius 2 is 1.63 bits per heavy atom. The number of amides is 1. The van der Waals surface area contributed by atoms with Crippen LogP contribution in [0.5, 0.6) is 0 Å². The van der Waals surface area contributed by atoms with E-state index in [-0.39, 0.29) is 11.3 Å². The molecule has 1 amide bonds. The molecule has 2 aromatic rings. The van der Waals surface area contributed by atoms with E-state index in [1.807, 2.05) is 19.1 Å². The normalized spacial score (nSPS) is 20.3. The highest BCUT2D eigenvalue weighted by Gasteiger charge is 2.45. The van der Waals surface area contributed by atoms with Crippen molar-refractivity contribution in [3.63, 3.8) is 0 Å². The van der Waals surface area contributed by atoms with Crippen LogP contribution in [0.3, 0.4) is 0 Å². The lowest BCUT2D eigenvalue weighted by Gasteiger charge is -2.29. The zero-order valence-electron chi connectivity index (χ0n) is 20.0. The molecule has 8 nitrogen and oxygen atoms in total. The molecule has 4 rings (SSSR count). The maximum atomic E-state index is 13.2. The van der Waals surface area contributed by atoms with Crippen LogP contribution in [0.2, 0.25) is 0 Å². The fourth-order valence-electron chi connectivity index (χ4n) is 4.53. The zero-order chi connectivity index (χ0) is 24.9. The summed E-state index contributed by atoms with van der Waals surface area (Å²) < 4.78 is 10.2. The standard InChI is InChI=1S/C27H30N2O6/c1-18-4-6-20(7-5-18)24(30)22-23(19-8-10-21(11-9-19)27(33)34-2)29(26(32)25(22)31)13-3-12-28-14-16-35-17-15-28/h4-11,23,30H,3,12-17H2,1-2H3/b24-22-. The molecule has 1 atom stereocenters. The van der Waals surface area contributed by atoms with Gasteiger partial charge >= 0.3 is 5.97 Å². The number of carbonyl (C=O) groups is 3. The lowest BCUT2D eigenvalue weighted by Crippen LogP contribution is -2.39. The van der Waals surface area contributed by atoms with Crippen LogP contribution in [0.25, 0.3) is 5.76 Å². The topological polar surface area (TPSA) is 96.4 Å². The summed E-state index contributed by atoms with van der Waals surface area (Å²) in [4.78, 5) is 42.0. The summed E-state index contributed by atoms with van der Waals surface area (Å²) in [5.41, 5.74) is 2.53. The van der Waals surface area contributed by atoms with Gasteiger partial charge in [-0.05, 0) is 31.0 Å². The molecular weight excluding hydrogens is 448 g/mol. The number of aliphatic hydroxyl groups is 1. The lowest BCUT2D eigenvalue weighted by atomic mass is 9.94. The second-order valence-electron chi connectivity index (χ2n) is 8.78. The number of hydrogen-bond donors (Lipinski definition) is 1. The van der Waals surface area contributed by atoms with Gasteiger partial charge in [-0.1, -0.05) is 42.0 Å². The zero-order valence-corrected chi connectivity index (χ0v) is 20.0. The summed E-state index contributed by atoms with van der Waals surface area (Å²) in [7, 11) is 1.31. The van der Waals surface area contributed by atoms with Gasteiger partial charge in [0.25, 0.3) is 11.7 Å². The third kappa shape index (κ3) is 5.28. The van der Waals surface area contributed by atoms with E-state index in [9.17, 15) is 19.5 Å². The molecule has 1 unspecified atom stereocenters. The minimum Gasteiger partial charge on any atom is -0.507 e. The average molecular weight is 479 g/mol. The second kappa shape index (κ2) is 10.8. The number of nitrogens with zero attached hydrogens (tertiary/aromatic N) is 2. The largest absolute Gasteiger partial charge is 0.507 e. The second-order valence-corrected chi connectivity index (χ2v) is 8.78. The highest BCUT2D eigenvalue weighted by atomic mass is 16.5. The van der Waals surface area contributed by atoms with Gasteiger partial charge in [-0.15, -0.1) is 0 Å². The molecule has 8 heteroatoms. The number of esters is 1. The van der Waals surface area contributed by atoms with Crippen LogP contribution < -0.4 is 0 Å². The van der Waals surface area contributed by atoms with Crippen LogP contribution in [-0.4, -0.2) is 79.1 Å². The predicted octanol–water partition coefficient (Wildman–Crippen LogP) is 2.93. The Hall–Kier alpha value is -3.49. The maximum Gasteiger partial charge on any atom is 0.337 e. The minimum absolute atomic E-state index is 0.0519. The summed E-state index contributed by atoms with van der Waals surface area (Å²) in [6, 6.07) is 13.0. The molecular formula is C27H30N2O6. The Balaban J connectivity index is 1.68. The number of carbonyl (C=O) groups excluding carboxylic acids is 3. The molecule has 184 valence electrons. The minimum atomic E-state index is -0.757. The third-order valence-corrected chi connectivity index (χ3v) is 6.49. The van der Waals surface area contributed by atoms with Crippen molar-refractivity contribution in [2.24, 2.45) is 0 Å². The van der Waals surface area contributed by atoms with E-state index >= 15 is 0 Å². The first kappa shape index (κ1) is 24.6. The summed E-state index contributed by atoms with van der Waals surface area (Å²) >= 11 is 0. The van der Waals surface area contributed by atoms with E-state index in [1.165, 1.54) is 12.0 Å². The number of benzene rings is 2. The number of aryl methyl sites for hydroxylation is 1. The highest BCUT2D eigenvalue weighted by Crippen LogP contribution is 2.39. The monoisotopic (exact) mass is 478 g/mol. The first-order chi connectivity index (χ1) is 16.9. The molecule has 2 heterocycles. The molecule has 2 fully saturated rings. The van der Waals surface area contributed by atoms with Crippen molar-refractivity contribution in [2.45, 2.75) is 19.4 Å². The molecule has 0 bridgehead atoms. The molecule has 0 saturated carbocycles. The first-order valence-corrected chi connectivity index (χ1v) is 11.7. The number of ether oxygens (including phenoxy) is 2. The van der Waals surface area contributed by atoms with Crippen molar-refractivity contribution in [3.8, 4) is 0 Å². The quantitative estimate of drug-likeness (QED) is 0.283. The fourth-order valence-corrected chi connectivity index (χ4v) is 4.53. The Kier molecular flexibility index (Phi) is 7.63. The van der Waals surface area contributed by atoms with Crippen LogP contribution in [0.4, 0.5) is 0 Å². The number of methoxy groups -OCH3 is 1. The van der Waals surface area contributed by atoms with Gasteiger partial charge < -0.3 is 19.5 Å². The number of hydrogen-bond acceptors (Lipinski definition) is 7. The molecule has 2 saturated heterocycles. The van der Waals surface area contributed by atoms with Gasteiger partial charge in [0, 0.05) is 31.7 Å². The number of rotatable bonds is 7. The SMILES string of the molecule is COC(=O)c1ccc(C2/C(=C(/O)c3ccc(C)cc3)C(=O)C(=O)N2CCCN2CCOCC2)cc1. The van der Waals surface area contributed by atoms with Gasteiger partial charge in [0.2, 0.25) is 0 Å². The van der Waals surface area contributed by atoms with Gasteiger partial charge in [-0.25, -0.2) is 4.79 Å². The van der Waals surface area contributed by atoms with E-state index in [4.69, 9.17) is 9.47 Å². The van der Waals surface area contributed by atoms with Crippen molar-refractivity contribution in [1.82, 2.24) is 9.80 Å². The summed E-state index contributed by atoms with van der Waals surface area (Å²) in [5.74, 6) is -2.03. The first-order valence-electron chi connectivity index (χ1n) is 11.7. The number of morpholine rings is 1. The van der Waals surface area contributed by atoms with Gasteiger partial charge in [-0.2, -0.15) is 0 Å². The Labute approximate surface area is 204 Å². The third-order valence-electron chi connectivity index (χ3n) is 6.49. The molecule has 35 heavy (non-hydrogen) atoms. The van der Waals surface area contributed by atoms with Crippen molar-refractivity contribution in [1.29, 1.82) is 0 Å². The number of aliphatic hydroxyl groups excluding tert-OH is 1. The summed E-state index contributed by atoms with van der Waals surface area (Å²) in [6.45, 7) is 6.12. The van der Waals surface area contributed by atoms with Crippen LogP contribution >= 0.6 is 0 Å². The molecule has 0 radical (unpaired) electrons. The summed E-state index contributed by atoms with van der Waals surface area (Å²) in [6.07, 6.45) is 0.675. The Bertz CT molecular complexity index is 1120. The summed E-state index contributed by atoms with van der Waals surface area (Å²) in [5, 5.41) is 11.1. The lowest BCUT2D eigenvalue weighted by molar-refractivity contribution is -0.140. The van der Waals surface area contributed by atoms with Gasteiger partial charge in [0.15, 0.2) is 0 Å².